The van der Waals surface area contributed by atoms with Gasteiger partial charge in [0.25, 0.3) is 5.82 Å². The summed E-state index contributed by atoms with van der Waals surface area (Å²) in [5.74, 6) is -0.554. The Morgan fingerprint density at radius 3 is 2.40 bits per heavy atom. The molecule has 1 saturated heterocycles. The van der Waals surface area contributed by atoms with E-state index in [9.17, 15) is 13.2 Å². The number of alkyl halides is 3. The van der Waals surface area contributed by atoms with Crippen LogP contribution in [0, 0.1) is 0 Å². The highest BCUT2D eigenvalue weighted by molar-refractivity contribution is 5.27. The molecule has 4 nitrogen and oxygen atoms in total. The van der Waals surface area contributed by atoms with Crippen molar-refractivity contribution in [1.82, 2.24) is 20.1 Å². The fraction of sp³-hybridized carbons (Fsp3) is 0.385. The quantitative estimate of drug-likeness (QED) is 0.936. The first-order valence-electron chi connectivity index (χ1n) is 6.28. The first-order valence-corrected chi connectivity index (χ1v) is 6.28. The van der Waals surface area contributed by atoms with Gasteiger partial charge in [0.2, 0.25) is 0 Å². The van der Waals surface area contributed by atoms with Crippen molar-refractivity contribution >= 4 is 0 Å². The number of benzene rings is 1. The van der Waals surface area contributed by atoms with Crippen LogP contribution in [0.15, 0.2) is 30.6 Å². The molecule has 0 radical (unpaired) electrons. The molecule has 0 aliphatic carbocycles. The van der Waals surface area contributed by atoms with Gasteiger partial charge in [0.15, 0.2) is 0 Å². The van der Waals surface area contributed by atoms with E-state index in [0.29, 0.717) is 5.92 Å². The molecule has 1 aliphatic rings. The first kappa shape index (κ1) is 13.1. The van der Waals surface area contributed by atoms with E-state index >= 15 is 0 Å². The van der Waals surface area contributed by atoms with Crippen molar-refractivity contribution in [3.63, 3.8) is 0 Å². The average Bonchev–Trinajstić information content (AvgIpc) is 2.78. The Bertz CT molecular complexity index is 584. The van der Waals surface area contributed by atoms with Crippen molar-refractivity contribution < 1.29 is 13.2 Å². The molecule has 1 aromatic carbocycles. The third-order valence-corrected chi connectivity index (χ3v) is 3.37. The lowest BCUT2D eigenvalue weighted by Crippen LogP contribution is -2.39. The van der Waals surface area contributed by atoms with Crippen LogP contribution in [0.3, 0.4) is 0 Å². The minimum atomic E-state index is -4.49. The number of hydrogen-bond donors (Lipinski definition) is 1. The lowest BCUT2D eigenvalue weighted by atomic mass is 9.93. The normalized spacial score (nSPS) is 16.1. The summed E-state index contributed by atoms with van der Waals surface area (Å²) in [7, 11) is 0. The summed E-state index contributed by atoms with van der Waals surface area (Å²) in [5.41, 5.74) is 2.15. The van der Waals surface area contributed by atoms with Crippen molar-refractivity contribution in [2.75, 3.05) is 13.1 Å². The monoisotopic (exact) mass is 282 g/mol. The van der Waals surface area contributed by atoms with E-state index in [1.807, 2.05) is 24.3 Å². The minimum absolute atomic E-state index is 0.284. The Morgan fingerprint density at radius 1 is 1.20 bits per heavy atom. The topological polar surface area (TPSA) is 42.7 Å². The predicted octanol–water partition coefficient (Wildman–Crippen LogP) is 2.03. The molecule has 0 atom stereocenters. The molecule has 20 heavy (non-hydrogen) atoms. The standard InChI is InChI=1S/C13H13F3N4/c14-13(15,16)12-18-8-20(19-12)7-9-1-3-10(4-2-9)11-5-17-6-11/h1-4,8,11,17H,5-7H2. The summed E-state index contributed by atoms with van der Waals surface area (Å²) in [4.78, 5) is 3.27. The van der Waals surface area contributed by atoms with Gasteiger partial charge in [-0.2, -0.15) is 13.2 Å². The fourth-order valence-corrected chi connectivity index (χ4v) is 2.11. The molecule has 0 saturated carbocycles. The van der Waals surface area contributed by atoms with Gasteiger partial charge < -0.3 is 5.32 Å². The second kappa shape index (κ2) is 4.90. The summed E-state index contributed by atoms with van der Waals surface area (Å²) in [6, 6.07) is 7.87. The summed E-state index contributed by atoms with van der Waals surface area (Å²) < 4.78 is 38.3. The Morgan fingerprint density at radius 2 is 1.90 bits per heavy atom. The molecule has 7 heteroatoms. The number of nitrogens with one attached hydrogen (secondary N) is 1. The van der Waals surface area contributed by atoms with Crippen LogP contribution in [0.4, 0.5) is 13.2 Å². The SMILES string of the molecule is FC(F)(F)c1ncn(Cc2ccc(C3CNC3)cc2)n1. The lowest BCUT2D eigenvalue weighted by Gasteiger charge is -2.27. The number of aromatic nitrogens is 3. The first-order chi connectivity index (χ1) is 9.52. The molecule has 1 fully saturated rings. The van der Waals surface area contributed by atoms with E-state index in [0.717, 1.165) is 25.0 Å². The third kappa shape index (κ3) is 2.67. The number of rotatable bonds is 3. The van der Waals surface area contributed by atoms with Crippen molar-refractivity contribution in [1.29, 1.82) is 0 Å². The molecule has 2 heterocycles. The average molecular weight is 282 g/mol. The Kier molecular flexibility index (Phi) is 3.21. The summed E-state index contributed by atoms with van der Waals surface area (Å²) in [6.45, 7) is 2.25. The molecule has 1 aliphatic heterocycles. The Hall–Kier alpha value is -1.89. The van der Waals surface area contributed by atoms with Crippen LogP contribution in [0.2, 0.25) is 0 Å². The van der Waals surface area contributed by atoms with Crippen LogP contribution in [-0.2, 0) is 12.7 Å². The van der Waals surface area contributed by atoms with E-state index in [1.54, 1.807) is 0 Å². The van der Waals surface area contributed by atoms with Crippen LogP contribution in [-0.4, -0.2) is 27.9 Å². The molecule has 0 amide bonds. The van der Waals surface area contributed by atoms with Gasteiger partial charge in [0.05, 0.1) is 6.54 Å². The van der Waals surface area contributed by atoms with Crippen LogP contribution >= 0.6 is 0 Å². The maximum absolute atomic E-state index is 12.4. The summed E-state index contributed by atoms with van der Waals surface area (Å²) in [6.07, 6.45) is -3.39. The number of nitrogens with zero attached hydrogens (tertiary/aromatic N) is 3. The molecule has 2 aromatic rings. The van der Waals surface area contributed by atoms with E-state index in [-0.39, 0.29) is 6.54 Å². The second-order valence-corrected chi connectivity index (χ2v) is 4.86. The van der Waals surface area contributed by atoms with Crippen LogP contribution in [0.5, 0.6) is 0 Å². The molecule has 0 spiro atoms. The van der Waals surface area contributed by atoms with Gasteiger partial charge in [0.1, 0.15) is 6.33 Å². The van der Waals surface area contributed by atoms with Crippen molar-refractivity contribution in [3.8, 4) is 0 Å². The van der Waals surface area contributed by atoms with Crippen molar-refractivity contribution in [2.45, 2.75) is 18.6 Å². The van der Waals surface area contributed by atoms with Crippen LogP contribution in [0.1, 0.15) is 22.9 Å². The van der Waals surface area contributed by atoms with Gasteiger partial charge in [-0.3, -0.25) is 0 Å². The molecular formula is C13H13F3N4. The highest BCUT2D eigenvalue weighted by atomic mass is 19.4. The van der Waals surface area contributed by atoms with Crippen LogP contribution in [0.25, 0.3) is 0 Å². The van der Waals surface area contributed by atoms with Gasteiger partial charge in [-0.15, -0.1) is 5.10 Å². The second-order valence-electron chi connectivity index (χ2n) is 4.86. The van der Waals surface area contributed by atoms with Crippen molar-refractivity contribution in [3.05, 3.63) is 47.5 Å². The third-order valence-electron chi connectivity index (χ3n) is 3.37. The van der Waals surface area contributed by atoms with Gasteiger partial charge in [-0.25, -0.2) is 9.67 Å². The van der Waals surface area contributed by atoms with E-state index < -0.39 is 12.0 Å². The predicted molar refractivity (Wildman–Crippen MR) is 66.2 cm³/mol. The molecule has 106 valence electrons. The Labute approximate surface area is 113 Å². The molecule has 1 N–H and O–H groups in total. The van der Waals surface area contributed by atoms with E-state index in [1.165, 1.54) is 10.2 Å². The van der Waals surface area contributed by atoms with E-state index in [4.69, 9.17) is 0 Å². The Balaban J connectivity index is 1.69. The molecule has 1 aromatic heterocycles. The highest BCUT2D eigenvalue weighted by Gasteiger charge is 2.35. The van der Waals surface area contributed by atoms with Crippen LogP contribution < -0.4 is 5.32 Å². The zero-order valence-electron chi connectivity index (χ0n) is 10.6. The maximum atomic E-state index is 12.4. The smallest absolute Gasteiger partial charge is 0.315 e. The number of hydrogen-bond acceptors (Lipinski definition) is 3. The molecule has 3 rings (SSSR count). The summed E-state index contributed by atoms with van der Waals surface area (Å²) >= 11 is 0. The number of halogens is 3. The zero-order valence-corrected chi connectivity index (χ0v) is 10.6. The van der Waals surface area contributed by atoms with Crippen molar-refractivity contribution in [2.24, 2.45) is 0 Å². The van der Waals surface area contributed by atoms with Gasteiger partial charge in [-0.1, -0.05) is 24.3 Å². The maximum Gasteiger partial charge on any atom is 0.453 e. The molecule has 0 unspecified atom stereocenters. The van der Waals surface area contributed by atoms with Gasteiger partial charge >= 0.3 is 6.18 Å². The largest absolute Gasteiger partial charge is 0.453 e. The fourth-order valence-electron chi connectivity index (χ4n) is 2.11. The summed E-state index contributed by atoms with van der Waals surface area (Å²) in [5, 5.41) is 6.63. The minimum Gasteiger partial charge on any atom is -0.315 e. The zero-order chi connectivity index (χ0) is 14.2. The highest BCUT2D eigenvalue weighted by Crippen LogP contribution is 2.25. The van der Waals surface area contributed by atoms with Gasteiger partial charge in [0, 0.05) is 19.0 Å². The molecule has 0 bridgehead atoms. The van der Waals surface area contributed by atoms with Gasteiger partial charge in [-0.05, 0) is 11.1 Å². The van der Waals surface area contributed by atoms with E-state index in [2.05, 4.69) is 15.4 Å². The molecular weight excluding hydrogens is 269 g/mol. The lowest BCUT2D eigenvalue weighted by molar-refractivity contribution is -0.145.